The molecule has 0 saturated heterocycles. The number of aromatic nitrogens is 3. The zero-order chi connectivity index (χ0) is 16.6. The van der Waals surface area contributed by atoms with Gasteiger partial charge in [0.15, 0.2) is 17.1 Å². The molecule has 0 spiro atoms. The molecule has 0 aromatic carbocycles. The lowest BCUT2D eigenvalue weighted by molar-refractivity contribution is 0.0858. The van der Waals surface area contributed by atoms with Gasteiger partial charge in [0.1, 0.15) is 6.73 Å². The Morgan fingerprint density at radius 3 is 2.74 bits per heavy atom. The summed E-state index contributed by atoms with van der Waals surface area (Å²) in [6, 6.07) is 2.90. The van der Waals surface area contributed by atoms with Gasteiger partial charge >= 0.3 is 0 Å². The second-order valence-corrected chi connectivity index (χ2v) is 13.4. The normalized spacial score (nSPS) is 15.3. The van der Waals surface area contributed by atoms with Gasteiger partial charge in [-0.1, -0.05) is 31.2 Å². The molecule has 1 aliphatic rings. The first-order valence-electron chi connectivity index (χ1n) is 7.99. The third kappa shape index (κ3) is 3.65. The number of aldehydes is 1. The molecule has 2 heterocycles. The summed E-state index contributed by atoms with van der Waals surface area (Å²) in [5.41, 5.74) is 2.40. The number of hydrogen-bond acceptors (Lipinski definition) is 4. The maximum atomic E-state index is 11.7. The molecular weight excluding hydrogens is 330 g/mol. The van der Waals surface area contributed by atoms with Gasteiger partial charge in [0.05, 0.1) is 5.69 Å². The molecule has 0 N–H and O–H groups in total. The van der Waals surface area contributed by atoms with Crippen molar-refractivity contribution < 1.29 is 9.53 Å². The summed E-state index contributed by atoms with van der Waals surface area (Å²) in [6.07, 6.45) is 3.12. The Morgan fingerprint density at radius 2 is 2.13 bits per heavy atom. The van der Waals surface area contributed by atoms with Gasteiger partial charge in [-0.15, -0.1) is 10.2 Å². The number of ether oxygens (including phenoxy) is 1. The monoisotopic (exact) mass is 351 g/mol. The van der Waals surface area contributed by atoms with E-state index in [4.69, 9.17) is 16.3 Å². The van der Waals surface area contributed by atoms with E-state index in [1.807, 2.05) is 10.6 Å². The Labute approximate surface area is 142 Å². The molecule has 1 saturated carbocycles. The number of carbonyl (C=O) groups is 1. The smallest absolute Gasteiger partial charge is 0.166 e. The van der Waals surface area contributed by atoms with Gasteiger partial charge in [-0.05, 0) is 36.4 Å². The van der Waals surface area contributed by atoms with Gasteiger partial charge in [-0.2, -0.15) is 0 Å². The lowest BCUT2D eigenvalue weighted by Gasteiger charge is -2.16. The first-order chi connectivity index (χ1) is 10.9. The summed E-state index contributed by atoms with van der Waals surface area (Å²) in [7, 11) is -1.13. The van der Waals surface area contributed by atoms with Gasteiger partial charge < -0.3 is 4.74 Å². The number of halogens is 1. The highest BCUT2D eigenvalue weighted by Gasteiger charge is 2.32. The number of carbonyl (C=O) groups excluding carboxylic acids is 1. The third-order valence-corrected chi connectivity index (χ3v) is 6.06. The molecule has 1 aliphatic carbocycles. The standard InChI is InChI=1S/C16H22ClN3O2Si/c1-23(2,3)7-6-22-10-20-13(9-21)15(11-4-5-11)12-8-14(17)18-19-16(12)20/h8-9,11H,4-7,10H2,1-3H3. The molecule has 5 nitrogen and oxygen atoms in total. The zero-order valence-electron chi connectivity index (χ0n) is 13.8. The predicted octanol–water partition coefficient (Wildman–Crippen LogP) is 4.09. The van der Waals surface area contributed by atoms with E-state index in [0.29, 0.717) is 35.7 Å². The van der Waals surface area contributed by atoms with E-state index in [0.717, 1.165) is 36.1 Å². The molecule has 2 aromatic heterocycles. The van der Waals surface area contributed by atoms with E-state index < -0.39 is 8.07 Å². The predicted molar refractivity (Wildman–Crippen MR) is 94.0 cm³/mol. The van der Waals surface area contributed by atoms with Crippen molar-refractivity contribution in [3.8, 4) is 0 Å². The minimum Gasteiger partial charge on any atom is -0.361 e. The molecule has 0 aliphatic heterocycles. The molecule has 0 radical (unpaired) electrons. The van der Waals surface area contributed by atoms with Crippen LogP contribution in [0.3, 0.4) is 0 Å². The van der Waals surface area contributed by atoms with Gasteiger partial charge in [-0.25, -0.2) is 0 Å². The lowest BCUT2D eigenvalue weighted by Crippen LogP contribution is -2.22. The number of nitrogens with zero attached hydrogens (tertiary/aromatic N) is 3. The van der Waals surface area contributed by atoms with Crippen molar-refractivity contribution in [2.45, 2.75) is 51.2 Å². The largest absolute Gasteiger partial charge is 0.361 e. The van der Waals surface area contributed by atoms with Crippen LogP contribution in [0.2, 0.25) is 30.8 Å². The van der Waals surface area contributed by atoms with E-state index in [9.17, 15) is 4.79 Å². The fraction of sp³-hybridized carbons (Fsp3) is 0.562. The Balaban J connectivity index is 1.91. The van der Waals surface area contributed by atoms with Crippen molar-refractivity contribution in [2.75, 3.05) is 6.61 Å². The SMILES string of the molecule is C[Si](C)(C)CCOCn1c(C=O)c(C2CC2)c2cc(Cl)nnc21. The summed E-state index contributed by atoms with van der Waals surface area (Å²) in [4.78, 5) is 11.7. The average molecular weight is 352 g/mol. The zero-order valence-corrected chi connectivity index (χ0v) is 15.6. The van der Waals surface area contributed by atoms with Crippen LogP contribution in [-0.2, 0) is 11.5 Å². The quantitative estimate of drug-likeness (QED) is 0.428. The van der Waals surface area contributed by atoms with Crippen LogP contribution < -0.4 is 0 Å². The van der Waals surface area contributed by atoms with Crippen LogP contribution in [-0.4, -0.2) is 35.7 Å². The summed E-state index contributed by atoms with van der Waals surface area (Å²) in [5, 5.41) is 9.42. The fourth-order valence-electron chi connectivity index (χ4n) is 2.75. The summed E-state index contributed by atoms with van der Waals surface area (Å²) in [5.74, 6) is 0.432. The van der Waals surface area contributed by atoms with Crippen molar-refractivity contribution in [2.24, 2.45) is 0 Å². The van der Waals surface area contributed by atoms with Crippen LogP contribution in [0.25, 0.3) is 11.0 Å². The Morgan fingerprint density at radius 1 is 1.39 bits per heavy atom. The van der Waals surface area contributed by atoms with Crippen LogP contribution in [0.15, 0.2) is 6.07 Å². The van der Waals surface area contributed by atoms with Crippen molar-refractivity contribution in [1.29, 1.82) is 0 Å². The van der Waals surface area contributed by atoms with Crippen molar-refractivity contribution in [3.63, 3.8) is 0 Å². The van der Waals surface area contributed by atoms with Gasteiger partial charge in [0.2, 0.25) is 0 Å². The van der Waals surface area contributed by atoms with Gasteiger partial charge in [-0.3, -0.25) is 9.36 Å². The highest BCUT2D eigenvalue weighted by Crippen LogP contribution is 2.45. The number of fused-ring (bicyclic) bond motifs is 1. The third-order valence-electron chi connectivity index (χ3n) is 4.17. The van der Waals surface area contributed by atoms with Crippen LogP contribution >= 0.6 is 11.6 Å². The van der Waals surface area contributed by atoms with E-state index in [2.05, 4.69) is 29.8 Å². The summed E-state index contributed by atoms with van der Waals surface area (Å²) >= 11 is 6.00. The number of rotatable bonds is 7. The van der Waals surface area contributed by atoms with Gasteiger partial charge in [0.25, 0.3) is 0 Å². The van der Waals surface area contributed by atoms with Crippen LogP contribution in [0, 0.1) is 0 Å². The molecule has 0 unspecified atom stereocenters. The molecule has 23 heavy (non-hydrogen) atoms. The highest BCUT2D eigenvalue weighted by atomic mass is 35.5. The average Bonchev–Trinajstić information content (AvgIpc) is 3.25. The Bertz CT molecular complexity index is 735. The van der Waals surface area contributed by atoms with Crippen molar-refractivity contribution in [1.82, 2.24) is 14.8 Å². The second kappa shape index (κ2) is 6.34. The molecule has 1 fully saturated rings. The molecule has 0 amide bonds. The fourth-order valence-corrected chi connectivity index (χ4v) is 3.65. The van der Waals surface area contributed by atoms with E-state index in [1.165, 1.54) is 0 Å². The minimum atomic E-state index is -1.13. The molecule has 3 rings (SSSR count). The van der Waals surface area contributed by atoms with Crippen LogP contribution in [0.4, 0.5) is 0 Å². The van der Waals surface area contributed by atoms with Gasteiger partial charge in [0, 0.05) is 20.1 Å². The van der Waals surface area contributed by atoms with E-state index in [-0.39, 0.29) is 0 Å². The maximum Gasteiger partial charge on any atom is 0.166 e. The molecule has 0 bridgehead atoms. The molecule has 124 valence electrons. The maximum absolute atomic E-state index is 11.7. The minimum absolute atomic E-state index is 0.331. The highest BCUT2D eigenvalue weighted by molar-refractivity contribution is 6.76. The van der Waals surface area contributed by atoms with Crippen molar-refractivity contribution >= 4 is 37.0 Å². The van der Waals surface area contributed by atoms with E-state index in [1.54, 1.807) is 0 Å². The summed E-state index contributed by atoms with van der Waals surface area (Å²) in [6.45, 7) is 7.98. The lowest BCUT2D eigenvalue weighted by atomic mass is 10.1. The topological polar surface area (TPSA) is 57.0 Å². The molecule has 2 aromatic rings. The molecule has 7 heteroatoms. The summed E-state index contributed by atoms with van der Waals surface area (Å²) < 4.78 is 7.66. The van der Waals surface area contributed by atoms with E-state index >= 15 is 0 Å². The molecular formula is C16H22ClN3O2Si. The van der Waals surface area contributed by atoms with Crippen LogP contribution in [0.1, 0.15) is 34.8 Å². The first kappa shape index (κ1) is 16.6. The molecule has 0 atom stereocenters. The Kier molecular flexibility index (Phi) is 4.58. The Hall–Kier alpha value is -1.24. The number of hydrogen-bond donors (Lipinski definition) is 0. The van der Waals surface area contributed by atoms with Crippen LogP contribution in [0.5, 0.6) is 0 Å². The second-order valence-electron chi connectivity index (χ2n) is 7.37. The first-order valence-corrected chi connectivity index (χ1v) is 12.1. The van der Waals surface area contributed by atoms with Crippen molar-refractivity contribution in [3.05, 3.63) is 22.5 Å².